The molecule has 1 aliphatic rings. The number of fused-ring (bicyclic) bond motifs is 1. The number of carbonyl (C=O) groups excluding carboxylic acids is 1. The number of rotatable bonds is 4. The van der Waals surface area contributed by atoms with Crippen molar-refractivity contribution in [3.63, 3.8) is 0 Å². The van der Waals surface area contributed by atoms with Gasteiger partial charge in [0.15, 0.2) is 0 Å². The highest BCUT2D eigenvalue weighted by Crippen LogP contribution is 2.28. The molecule has 0 saturated carbocycles. The molecule has 0 unspecified atom stereocenters. The van der Waals surface area contributed by atoms with Crippen molar-refractivity contribution in [2.24, 2.45) is 5.92 Å². The third-order valence-corrected chi connectivity index (χ3v) is 5.43. The third-order valence-electron chi connectivity index (χ3n) is 5.43. The zero-order valence-corrected chi connectivity index (χ0v) is 14.5. The van der Waals surface area contributed by atoms with Crippen LogP contribution in [0.25, 0.3) is 10.9 Å². The van der Waals surface area contributed by atoms with Crippen molar-refractivity contribution in [3.05, 3.63) is 29.5 Å². The van der Waals surface area contributed by atoms with Gasteiger partial charge in [-0.3, -0.25) is 9.69 Å². The molecule has 4 nitrogen and oxygen atoms in total. The number of carbonyl (C=O) groups is 1. The Hall–Kier alpha value is -1.81. The molecule has 3 rings (SSSR count). The summed E-state index contributed by atoms with van der Waals surface area (Å²) in [6.07, 6.45) is 1.68. The number of Topliss-reactive ketones (excluding diaryl/α,β-unsaturated/α-hetero) is 1. The summed E-state index contributed by atoms with van der Waals surface area (Å²) in [7, 11) is 1.70. The molecule has 0 spiro atoms. The Morgan fingerprint density at radius 3 is 2.87 bits per heavy atom. The van der Waals surface area contributed by atoms with Gasteiger partial charge in [-0.05, 0) is 44.0 Å². The minimum absolute atomic E-state index is 0.146. The fourth-order valence-corrected chi connectivity index (χ4v) is 3.65. The number of H-pyrrole nitrogens is 1. The van der Waals surface area contributed by atoms with Crippen molar-refractivity contribution in [3.8, 4) is 5.75 Å². The van der Waals surface area contributed by atoms with E-state index in [1.165, 1.54) is 16.6 Å². The number of hydrogen-bond donors (Lipinski definition) is 1. The second-order valence-corrected chi connectivity index (χ2v) is 6.67. The fourth-order valence-electron chi connectivity index (χ4n) is 3.65. The van der Waals surface area contributed by atoms with E-state index in [0.29, 0.717) is 18.2 Å². The van der Waals surface area contributed by atoms with Gasteiger partial charge in [-0.25, -0.2) is 0 Å². The van der Waals surface area contributed by atoms with Crippen molar-refractivity contribution >= 4 is 16.7 Å². The molecule has 2 aromatic rings. The predicted molar refractivity (Wildman–Crippen MR) is 93.1 cm³/mol. The van der Waals surface area contributed by atoms with Crippen molar-refractivity contribution in [2.45, 2.75) is 39.7 Å². The largest absolute Gasteiger partial charge is 0.497 e. The Bertz CT molecular complexity index is 719. The van der Waals surface area contributed by atoms with Crippen LogP contribution in [0.5, 0.6) is 5.75 Å². The van der Waals surface area contributed by atoms with E-state index in [1.54, 1.807) is 7.11 Å². The lowest BCUT2D eigenvalue weighted by Gasteiger charge is -2.37. The molecule has 0 amide bonds. The van der Waals surface area contributed by atoms with Crippen LogP contribution < -0.4 is 4.74 Å². The number of aryl methyl sites for hydroxylation is 1. The second-order valence-electron chi connectivity index (χ2n) is 6.67. The van der Waals surface area contributed by atoms with Crippen molar-refractivity contribution in [2.75, 3.05) is 20.2 Å². The molecule has 4 heteroatoms. The topological polar surface area (TPSA) is 45.3 Å². The first-order chi connectivity index (χ1) is 11.0. The summed E-state index contributed by atoms with van der Waals surface area (Å²) in [6.45, 7) is 8.24. The number of piperidine rings is 1. The third kappa shape index (κ3) is 3.00. The SMILES string of the molecule is COc1ccc2[nH]c(C)c(CCN3CCC(=O)[C@@H](C)[C@H]3C)c2c1. The second kappa shape index (κ2) is 6.36. The van der Waals surface area contributed by atoms with Gasteiger partial charge in [0.2, 0.25) is 0 Å². The number of ether oxygens (including phenoxy) is 1. The zero-order valence-electron chi connectivity index (χ0n) is 14.5. The van der Waals surface area contributed by atoms with Crippen LogP contribution in [0.3, 0.4) is 0 Å². The van der Waals surface area contributed by atoms with E-state index >= 15 is 0 Å². The lowest BCUT2D eigenvalue weighted by Crippen LogP contribution is -2.47. The van der Waals surface area contributed by atoms with Gasteiger partial charge in [0.05, 0.1) is 7.11 Å². The molecule has 124 valence electrons. The molecule has 1 aromatic heterocycles. The first-order valence-electron chi connectivity index (χ1n) is 8.43. The molecular formula is C19H26N2O2. The number of nitrogens with zero attached hydrogens (tertiary/aromatic N) is 1. The molecule has 1 fully saturated rings. The average Bonchev–Trinajstić information content (AvgIpc) is 2.86. The molecule has 1 aromatic carbocycles. The molecule has 23 heavy (non-hydrogen) atoms. The van der Waals surface area contributed by atoms with Gasteiger partial charge in [0.25, 0.3) is 0 Å². The van der Waals surface area contributed by atoms with Gasteiger partial charge >= 0.3 is 0 Å². The number of likely N-dealkylation sites (tertiary alicyclic amines) is 1. The van der Waals surface area contributed by atoms with Gasteiger partial charge < -0.3 is 9.72 Å². The highest BCUT2D eigenvalue weighted by Gasteiger charge is 2.30. The number of benzene rings is 1. The van der Waals surface area contributed by atoms with E-state index < -0.39 is 0 Å². The molecule has 1 saturated heterocycles. The van der Waals surface area contributed by atoms with E-state index in [9.17, 15) is 4.79 Å². The molecule has 2 atom stereocenters. The van der Waals surface area contributed by atoms with Gasteiger partial charge in [0.1, 0.15) is 11.5 Å². The lowest BCUT2D eigenvalue weighted by molar-refractivity contribution is -0.127. The number of aromatic nitrogens is 1. The van der Waals surface area contributed by atoms with Crippen LogP contribution in [-0.4, -0.2) is 41.9 Å². The Morgan fingerprint density at radius 2 is 2.13 bits per heavy atom. The summed E-state index contributed by atoms with van der Waals surface area (Å²) >= 11 is 0. The van der Waals surface area contributed by atoms with Gasteiger partial charge in [-0.15, -0.1) is 0 Å². The van der Waals surface area contributed by atoms with Crippen molar-refractivity contribution < 1.29 is 9.53 Å². The summed E-state index contributed by atoms with van der Waals surface area (Å²) in [4.78, 5) is 17.8. The van der Waals surface area contributed by atoms with Crippen LogP contribution in [0.4, 0.5) is 0 Å². The van der Waals surface area contributed by atoms with Gasteiger partial charge in [-0.1, -0.05) is 6.92 Å². The van der Waals surface area contributed by atoms with Crippen LogP contribution in [0, 0.1) is 12.8 Å². The van der Waals surface area contributed by atoms with E-state index in [1.807, 2.05) is 6.07 Å². The quantitative estimate of drug-likeness (QED) is 0.941. The van der Waals surface area contributed by atoms with Crippen LogP contribution >= 0.6 is 0 Å². The zero-order chi connectivity index (χ0) is 16.6. The Morgan fingerprint density at radius 1 is 1.35 bits per heavy atom. The molecule has 1 aliphatic heterocycles. The molecule has 0 aliphatic carbocycles. The van der Waals surface area contributed by atoms with Crippen LogP contribution in [0.1, 0.15) is 31.5 Å². The van der Waals surface area contributed by atoms with Crippen molar-refractivity contribution in [1.29, 1.82) is 0 Å². The van der Waals surface area contributed by atoms with E-state index in [-0.39, 0.29) is 5.92 Å². The summed E-state index contributed by atoms with van der Waals surface area (Å²) in [5.41, 5.74) is 3.74. The summed E-state index contributed by atoms with van der Waals surface area (Å²) in [5.74, 6) is 1.44. The predicted octanol–water partition coefficient (Wildman–Crippen LogP) is 3.33. The minimum Gasteiger partial charge on any atom is -0.497 e. The number of hydrogen-bond acceptors (Lipinski definition) is 3. The van der Waals surface area contributed by atoms with Crippen molar-refractivity contribution in [1.82, 2.24) is 9.88 Å². The average molecular weight is 314 g/mol. The first-order valence-corrected chi connectivity index (χ1v) is 8.43. The Kier molecular flexibility index (Phi) is 4.44. The van der Waals surface area contributed by atoms with Gasteiger partial charge in [-0.2, -0.15) is 0 Å². The Balaban J connectivity index is 1.79. The highest BCUT2D eigenvalue weighted by atomic mass is 16.5. The lowest BCUT2D eigenvalue weighted by atomic mass is 9.90. The maximum absolute atomic E-state index is 11.8. The number of aromatic amines is 1. The normalized spacial score (nSPS) is 22.7. The molecular weight excluding hydrogens is 288 g/mol. The monoisotopic (exact) mass is 314 g/mol. The molecule has 2 heterocycles. The minimum atomic E-state index is 0.146. The smallest absolute Gasteiger partial charge is 0.138 e. The molecule has 0 radical (unpaired) electrons. The number of methoxy groups -OCH3 is 1. The molecule has 0 bridgehead atoms. The summed E-state index contributed by atoms with van der Waals surface area (Å²) in [5, 5.41) is 1.25. The van der Waals surface area contributed by atoms with Gasteiger partial charge in [0, 0.05) is 48.1 Å². The van der Waals surface area contributed by atoms with Crippen LogP contribution in [-0.2, 0) is 11.2 Å². The standard InChI is InChI=1S/C19H26N2O2/c1-12-14(3)21(10-8-19(12)22)9-7-16-13(2)20-18-6-5-15(23-4)11-17(16)18/h5-6,11-12,14,20H,7-10H2,1-4H3/t12-,14+/m0/s1. The summed E-state index contributed by atoms with van der Waals surface area (Å²) < 4.78 is 5.36. The maximum Gasteiger partial charge on any atom is 0.138 e. The van der Waals surface area contributed by atoms with E-state index in [2.05, 4.69) is 42.8 Å². The van der Waals surface area contributed by atoms with E-state index in [4.69, 9.17) is 4.74 Å². The number of ketones is 1. The van der Waals surface area contributed by atoms with Crippen LogP contribution in [0.15, 0.2) is 18.2 Å². The number of nitrogens with one attached hydrogen (secondary N) is 1. The highest BCUT2D eigenvalue weighted by molar-refractivity contribution is 5.86. The van der Waals surface area contributed by atoms with E-state index in [0.717, 1.165) is 30.8 Å². The summed E-state index contributed by atoms with van der Waals surface area (Å²) in [6, 6.07) is 6.51. The maximum atomic E-state index is 11.8. The van der Waals surface area contributed by atoms with Crippen LogP contribution in [0.2, 0.25) is 0 Å². The Labute approximate surface area is 137 Å². The first kappa shape index (κ1) is 16.1. The molecule has 1 N–H and O–H groups in total. The fraction of sp³-hybridized carbons (Fsp3) is 0.526.